The number of carbonyl (C=O) groups is 1. The van der Waals surface area contributed by atoms with Crippen molar-refractivity contribution in [1.29, 1.82) is 0 Å². The summed E-state index contributed by atoms with van der Waals surface area (Å²) in [6.07, 6.45) is 4.87. The minimum Gasteiger partial charge on any atom is -0.464 e. The average molecular weight is 342 g/mol. The van der Waals surface area contributed by atoms with Gasteiger partial charge in [-0.3, -0.25) is 9.69 Å². The lowest BCUT2D eigenvalue weighted by molar-refractivity contribution is -0.134. The highest BCUT2D eigenvalue weighted by Gasteiger charge is 2.52. The molecule has 1 amide bonds. The maximum Gasteiger partial charge on any atom is 0.264 e. The maximum absolute atomic E-state index is 12.6. The van der Waals surface area contributed by atoms with Crippen molar-refractivity contribution in [3.63, 3.8) is 0 Å². The van der Waals surface area contributed by atoms with Gasteiger partial charge in [-0.15, -0.1) is 0 Å². The van der Waals surface area contributed by atoms with E-state index in [2.05, 4.69) is 19.9 Å². The number of likely N-dealkylation sites (N-methyl/N-ethyl adjacent to an activating group) is 1. The van der Waals surface area contributed by atoms with Crippen molar-refractivity contribution in [2.45, 2.75) is 25.6 Å². The third-order valence-electron chi connectivity index (χ3n) is 5.19. The first-order chi connectivity index (χ1) is 12.0. The molecule has 25 heavy (non-hydrogen) atoms. The van der Waals surface area contributed by atoms with E-state index in [4.69, 9.17) is 4.74 Å². The maximum atomic E-state index is 12.6. The second kappa shape index (κ2) is 6.11. The van der Waals surface area contributed by atoms with Gasteiger partial charge in [0.05, 0.1) is 18.1 Å². The van der Waals surface area contributed by atoms with Crippen molar-refractivity contribution in [2.24, 2.45) is 13.0 Å². The lowest BCUT2D eigenvalue weighted by Gasteiger charge is -2.22. The van der Waals surface area contributed by atoms with Crippen LogP contribution in [0.25, 0.3) is 0 Å². The van der Waals surface area contributed by atoms with Crippen LogP contribution in [-0.4, -0.2) is 67.5 Å². The number of imidazole rings is 1. The zero-order valence-corrected chi connectivity index (χ0v) is 14.7. The SMILES string of the molecule is Cc1nccc(O[C@@H]2C(=O)N(C)[C@@H]3CN(Cc4cncn4C)C[C@H]23)n1. The van der Waals surface area contributed by atoms with E-state index in [1.807, 2.05) is 43.0 Å². The molecule has 8 heteroatoms. The molecule has 2 aliphatic heterocycles. The first-order valence-electron chi connectivity index (χ1n) is 8.43. The Morgan fingerprint density at radius 2 is 2.16 bits per heavy atom. The third kappa shape index (κ3) is 2.86. The Morgan fingerprint density at radius 1 is 1.32 bits per heavy atom. The summed E-state index contributed by atoms with van der Waals surface area (Å²) in [5, 5.41) is 0. The van der Waals surface area contributed by atoms with Crippen molar-refractivity contribution < 1.29 is 9.53 Å². The Kier molecular flexibility index (Phi) is 3.91. The molecule has 8 nitrogen and oxygen atoms in total. The van der Waals surface area contributed by atoms with E-state index in [9.17, 15) is 4.79 Å². The molecule has 0 aliphatic carbocycles. The second-order valence-corrected chi connectivity index (χ2v) is 6.85. The predicted molar refractivity (Wildman–Crippen MR) is 89.7 cm³/mol. The second-order valence-electron chi connectivity index (χ2n) is 6.85. The van der Waals surface area contributed by atoms with Crippen LogP contribution in [0.15, 0.2) is 24.8 Å². The number of amides is 1. The number of carbonyl (C=O) groups excluding carboxylic acids is 1. The van der Waals surface area contributed by atoms with Crippen LogP contribution >= 0.6 is 0 Å². The van der Waals surface area contributed by atoms with Gasteiger partial charge in [0.2, 0.25) is 5.88 Å². The number of ether oxygens (including phenoxy) is 1. The first kappa shape index (κ1) is 16.0. The summed E-state index contributed by atoms with van der Waals surface area (Å²) >= 11 is 0. The molecule has 0 aromatic carbocycles. The molecule has 2 saturated heterocycles. The summed E-state index contributed by atoms with van der Waals surface area (Å²) in [6, 6.07) is 1.88. The summed E-state index contributed by atoms with van der Waals surface area (Å²) in [7, 11) is 3.86. The molecule has 2 aromatic heterocycles. The van der Waals surface area contributed by atoms with Crippen LogP contribution in [0.2, 0.25) is 0 Å². The Morgan fingerprint density at radius 3 is 2.88 bits per heavy atom. The lowest BCUT2D eigenvalue weighted by Crippen LogP contribution is -2.38. The molecule has 4 heterocycles. The molecule has 0 unspecified atom stereocenters. The molecule has 0 N–H and O–H groups in total. The highest BCUT2D eigenvalue weighted by Crippen LogP contribution is 2.34. The quantitative estimate of drug-likeness (QED) is 0.792. The topological polar surface area (TPSA) is 76.4 Å². The standard InChI is InChI=1S/C17H22N6O2/c1-11-19-5-4-15(20-11)25-16-13-8-23(7-12-6-18-10-21(12)2)9-14(13)22(3)17(16)24/h4-6,10,13-14,16H,7-9H2,1-3H3/t13-,14+,16-/m0/s1. The van der Waals surface area contributed by atoms with Gasteiger partial charge in [0.15, 0.2) is 6.10 Å². The van der Waals surface area contributed by atoms with Crippen LogP contribution < -0.4 is 4.74 Å². The summed E-state index contributed by atoms with van der Waals surface area (Å²) in [5.74, 6) is 1.27. The van der Waals surface area contributed by atoms with Crippen LogP contribution in [-0.2, 0) is 18.4 Å². The number of aromatic nitrogens is 4. The van der Waals surface area contributed by atoms with E-state index in [0.29, 0.717) is 11.7 Å². The highest BCUT2D eigenvalue weighted by molar-refractivity contribution is 5.84. The van der Waals surface area contributed by atoms with E-state index in [1.54, 1.807) is 12.3 Å². The van der Waals surface area contributed by atoms with Gasteiger partial charge in [-0.25, -0.2) is 9.97 Å². The molecular formula is C17H22N6O2. The van der Waals surface area contributed by atoms with E-state index < -0.39 is 6.10 Å². The van der Waals surface area contributed by atoms with Crippen molar-refractivity contribution >= 4 is 5.91 Å². The van der Waals surface area contributed by atoms with Gasteiger partial charge in [-0.1, -0.05) is 0 Å². The number of likely N-dealkylation sites (tertiary alicyclic amines) is 2. The molecular weight excluding hydrogens is 320 g/mol. The van der Waals surface area contributed by atoms with Gasteiger partial charge in [-0.2, -0.15) is 4.98 Å². The number of aryl methyl sites for hydroxylation is 2. The number of nitrogens with zero attached hydrogens (tertiary/aromatic N) is 6. The van der Waals surface area contributed by atoms with Gasteiger partial charge in [-0.05, 0) is 6.92 Å². The fourth-order valence-electron chi connectivity index (χ4n) is 3.81. The largest absolute Gasteiger partial charge is 0.464 e. The van der Waals surface area contributed by atoms with Crippen LogP contribution in [0.1, 0.15) is 11.5 Å². The highest BCUT2D eigenvalue weighted by atomic mass is 16.5. The van der Waals surface area contributed by atoms with Crippen molar-refractivity contribution in [3.05, 3.63) is 36.3 Å². The minimum atomic E-state index is -0.485. The summed E-state index contributed by atoms with van der Waals surface area (Å²) < 4.78 is 8.00. The zero-order valence-electron chi connectivity index (χ0n) is 14.7. The molecule has 0 bridgehead atoms. The molecule has 0 radical (unpaired) electrons. The third-order valence-corrected chi connectivity index (χ3v) is 5.19. The summed E-state index contributed by atoms with van der Waals surface area (Å²) in [6.45, 7) is 4.30. The van der Waals surface area contributed by atoms with E-state index in [0.717, 1.165) is 25.3 Å². The Bertz CT molecular complexity index is 791. The van der Waals surface area contributed by atoms with Crippen LogP contribution in [0.4, 0.5) is 0 Å². The molecule has 3 atom stereocenters. The zero-order chi connectivity index (χ0) is 17.6. The first-order valence-corrected chi connectivity index (χ1v) is 8.43. The van der Waals surface area contributed by atoms with E-state index >= 15 is 0 Å². The minimum absolute atomic E-state index is 0.0337. The molecule has 2 aliphatic rings. The van der Waals surface area contributed by atoms with Gasteiger partial charge in [0, 0.05) is 58.1 Å². The van der Waals surface area contributed by atoms with E-state index in [1.165, 1.54) is 0 Å². The van der Waals surface area contributed by atoms with Gasteiger partial charge < -0.3 is 14.2 Å². The van der Waals surface area contributed by atoms with Crippen molar-refractivity contribution in [3.8, 4) is 5.88 Å². The predicted octanol–water partition coefficient (Wildman–Crippen LogP) is 0.239. The number of rotatable bonds is 4. The molecule has 4 rings (SSSR count). The van der Waals surface area contributed by atoms with Crippen LogP contribution in [0.3, 0.4) is 0 Å². The monoisotopic (exact) mass is 342 g/mol. The van der Waals surface area contributed by atoms with E-state index in [-0.39, 0.29) is 17.9 Å². The van der Waals surface area contributed by atoms with Crippen molar-refractivity contribution in [2.75, 3.05) is 20.1 Å². The molecule has 0 spiro atoms. The number of hydrogen-bond acceptors (Lipinski definition) is 6. The number of hydrogen-bond donors (Lipinski definition) is 0. The van der Waals surface area contributed by atoms with Gasteiger partial charge in [0.1, 0.15) is 5.82 Å². The number of fused-ring (bicyclic) bond motifs is 1. The fraction of sp³-hybridized carbons (Fsp3) is 0.529. The Hall–Kier alpha value is -2.48. The van der Waals surface area contributed by atoms with Gasteiger partial charge in [0.25, 0.3) is 5.91 Å². The fourth-order valence-corrected chi connectivity index (χ4v) is 3.81. The van der Waals surface area contributed by atoms with Crippen molar-refractivity contribution in [1.82, 2.24) is 29.3 Å². The summed E-state index contributed by atoms with van der Waals surface area (Å²) in [4.78, 5) is 29.3. The molecule has 0 saturated carbocycles. The lowest BCUT2D eigenvalue weighted by atomic mass is 10.0. The molecule has 2 aromatic rings. The van der Waals surface area contributed by atoms with Crippen LogP contribution in [0, 0.1) is 12.8 Å². The normalized spacial score (nSPS) is 26.3. The Labute approximate surface area is 146 Å². The summed E-state index contributed by atoms with van der Waals surface area (Å²) in [5.41, 5.74) is 1.16. The average Bonchev–Trinajstić information content (AvgIpc) is 3.23. The molecule has 132 valence electrons. The van der Waals surface area contributed by atoms with Gasteiger partial charge >= 0.3 is 0 Å². The van der Waals surface area contributed by atoms with Crippen LogP contribution in [0.5, 0.6) is 5.88 Å². The Balaban J connectivity index is 1.50. The smallest absolute Gasteiger partial charge is 0.264 e. The molecule has 2 fully saturated rings.